The van der Waals surface area contributed by atoms with Gasteiger partial charge in [0.05, 0.1) is 32.9 Å². The lowest BCUT2D eigenvalue weighted by atomic mass is 10.2. The first-order valence-electron chi connectivity index (χ1n) is 8.05. The van der Waals surface area contributed by atoms with E-state index in [0.717, 1.165) is 37.4 Å². The number of carbonyl (C=O) groups excluding carboxylic acids is 1. The van der Waals surface area contributed by atoms with E-state index in [1.54, 1.807) is 0 Å². The van der Waals surface area contributed by atoms with Crippen LogP contribution in [0.2, 0.25) is 0 Å². The molecule has 2 aromatic rings. The quantitative estimate of drug-likeness (QED) is 0.733. The van der Waals surface area contributed by atoms with E-state index in [1.165, 1.54) is 32.9 Å². The Hall–Kier alpha value is -2.46. The molecule has 0 spiro atoms. The molecule has 0 saturated heterocycles. The first-order chi connectivity index (χ1) is 12.8. The molecule has 0 aliphatic rings. The highest BCUT2D eigenvalue weighted by Gasteiger charge is 2.31. The summed E-state index contributed by atoms with van der Waals surface area (Å²) in [6.45, 7) is 4.60. The predicted molar refractivity (Wildman–Crippen MR) is 102 cm³/mol. The molecule has 10 heteroatoms. The Morgan fingerprint density at radius 3 is 2.00 bits per heavy atom. The third-order valence-corrected chi connectivity index (χ3v) is 7.77. The summed E-state index contributed by atoms with van der Waals surface area (Å²) in [5.74, 6) is -1.60. The zero-order valence-corrected chi connectivity index (χ0v) is 17.3. The molecule has 0 radical (unpaired) electrons. The van der Waals surface area contributed by atoms with E-state index in [4.69, 9.17) is 0 Å². The maximum atomic E-state index is 13.5. The van der Waals surface area contributed by atoms with Gasteiger partial charge in [-0.1, -0.05) is 0 Å². The SMILES string of the molecule is COC(=O)c1ccc(F)cc1NS(=O)(=O)c1ccc(S(=O)(=O)C(C)(C)C)cc1. The molecule has 0 amide bonds. The molecule has 0 bridgehead atoms. The summed E-state index contributed by atoms with van der Waals surface area (Å²) in [4.78, 5) is 11.5. The van der Waals surface area contributed by atoms with Crippen molar-refractivity contribution in [2.75, 3.05) is 11.8 Å². The summed E-state index contributed by atoms with van der Waals surface area (Å²) in [7, 11) is -6.75. The molecule has 0 aromatic heterocycles. The summed E-state index contributed by atoms with van der Waals surface area (Å²) < 4.78 is 69.2. The number of benzene rings is 2. The Morgan fingerprint density at radius 1 is 0.964 bits per heavy atom. The van der Waals surface area contributed by atoms with Crippen LogP contribution in [0.25, 0.3) is 0 Å². The number of carbonyl (C=O) groups is 1. The van der Waals surface area contributed by atoms with E-state index in [9.17, 15) is 26.0 Å². The molecular weight excluding hydrogens is 409 g/mol. The maximum Gasteiger partial charge on any atom is 0.339 e. The Balaban J connectivity index is 2.42. The lowest BCUT2D eigenvalue weighted by molar-refractivity contribution is 0.0602. The molecule has 0 fully saturated rings. The molecule has 1 N–H and O–H groups in total. The van der Waals surface area contributed by atoms with Crippen molar-refractivity contribution in [1.29, 1.82) is 0 Å². The van der Waals surface area contributed by atoms with Gasteiger partial charge in [-0.25, -0.2) is 26.0 Å². The average molecular weight is 429 g/mol. The molecule has 0 aliphatic heterocycles. The van der Waals surface area contributed by atoms with Gasteiger partial charge in [0, 0.05) is 0 Å². The number of nitrogens with one attached hydrogen (secondary N) is 1. The smallest absolute Gasteiger partial charge is 0.339 e. The molecule has 152 valence electrons. The second-order valence-electron chi connectivity index (χ2n) is 6.87. The molecule has 7 nitrogen and oxygen atoms in total. The van der Waals surface area contributed by atoms with Gasteiger partial charge in [0.2, 0.25) is 0 Å². The molecule has 0 atom stereocenters. The van der Waals surface area contributed by atoms with Crippen molar-refractivity contribution in [1.82, 2.24) is 0 Å². The third kappa shape index (κ3) is 4.33. The van der Waals surface area contributed by atoms with Gasteiger partial charge in [-0.05, 0) is 63.2 Å². The van der Waals surface area contributed by atoms with Crippen molar-refractivity contribution < 1.29 is 30.8 Å². The number of sulfone groups is 1. The highest BCUT2D eigenvalue weighted by molar-refractivity contribution is 7.93. The first-order valence-corrected chi connectivity index (χ1v) is 11.0. The summed E-state index contributed by atoms with van der Waals surface area (Å²) in [5, 5.41) is 0. The van der Waals surface area contributed by atoms with Gasteiger partial charge in [-0.3, -0.25) is 4.72 Å². The van der Waals surface area contributed by atoms with E-state index in [1.807, 2.05) is 0 Å². The fourth-order valence-electron chi connectivity index (χ4n) is 2.24. The minimum Gasteiger partial charge on any atom is -0.465 e. The van der Waals surface area contributed by atoms with E-state index in [-0.39, 0.29) is 21.0 Å². The number of halogens is 1. The lowest BCUT2D eigenvalue weighted by Crippen LogP contribution is -2.28. The Bertz CT molecular complexity index is 1100. The standard InChI is InChI=1S/C18H20FNO6S2/c1-18(2,3)27(22,23)13-6-8-14(9-7-13)28(24,25)20-16-11-12(19)5-10-15(16)17(21)26-4/h5-11,20H,1-4H3. The number of sulfonamides is 1. The third-order valence-electron chi connectivity index (χ3n) is 3.88. The molecule has 0 unspecified atom stereocenters. The normalized spacial score (nSPS) is 12.5. The van der Waals surface area contributed by atoms with E-state index in [2.05, 4.69) is 9.46 Å². The van der Waals surface area contributed by atoms with Crippen LogP contribution in [0.3, 0.4) is 0 Å². The summed E-state index contributed by atoms with van der Waals surface area (Å²) >= 11 is 0. The number of rotatable bonds is 5. The fourth-order valence-corrected chi connectivity index (χ4v) is 4.52. The van der Waals surface area contributed by atoms with Gasteiger partial charge in [0.1, 0.15) is 5.82 Å². The van der Waals surface area contributed by atoms with Crippen LogP contribution in [-0.4, -0.2) is 34.7 Å². The number of methoxy groups -OCH3 is 1. The van der Waals surface area contributed by atoms with Crippen LogP contribution < -0.4 is 4.72 Å². The van der Waals surface area contributed by atoms with Crippen molar-refractivity contribution in [3.05, 3.63) is 53.8 Å². The molecule has 2 rings (SSSR count). The van der Waals surface area contributed by atoms with Gasteiger partial charge in [0.25, 0.3) is 10.0 Å². The van der Waals surface area contributed by atoms with E-state index in [0.29, 0.717) is 0 Å². The highest BCUT2D eigenvalue weighted by Crippen LogP contribution is 2.27. The zero-order valence-electron chi connectivity index (χ0n) is 15.7. The van der Waals surface area contributed by atoms with Gasteiger partial charge in [-0.2, -0.15) is 0 Å². The lowest BCUT2D eigenvalue weighted by Gasteiger charge is -2.19. The molecule has 2 aromatic carbocycles. The van der Waals surface area contributed by atoms with Gasteiger partial charge in [0.15, 0.2) is 9.84 Å². The van der Waals surface area contributed by atoms with Crippen LogP contribution in [0.4, 0.5) is 10.1 Å². The van der Waals surface area contributed by atoms with Gasteiger partial charge >= 0.3 is 5.97 Å². The van der Waals surface area contributed by atoms with Crippen LogP contribution in [0, 0.1) is 5.82 Å². The molecule has 0 heterocycles. The van der Waals surface area contributed by atoms with Gasteiger partial charge < -0.3 is 4.74 Å². The second-order valence-corrected chi connectivity index (χ2v) is 11.3. The van der Waals surface area contributed by atoms with Crippen LogP contribution in [0.15, 0.2) is 52.3 Å². The number of hydrogen-bond donors (Lipinski definition) is 1. The number of ether oxygens (including phenoxy) is 1. The van der Waals surface area contributed by atoms with E-state index < -0.39 is 36.4 Å². The topological polar surface area (TPSA) is 107 Å². The number of hydrogen-bond acceptors (Lipinski definition) is 6. The largest absolute Gasteiger partial charge is 0.465 e. The average Bonchev–Trinajstić information content (AvgIpc) is 2.60. The molecule has 0 saturated carbocycles. The van der Waals surface area contributed by atoms with Gasteiger partial charge in [-0.15, -0.1) is 0 Å². The first kappa shape index (κ1) is 21.8. The van der Waals surface area contributed by atoms with Crippen molar-refractivity contribution in [2.45, 2.75) is 35.3 Å². The highest BCUT2D eigenvalue weighted by atomic mass is 32.2. The minimum atomic E-state index is -4.21. The zero-order chi connectivity index (χ0) is 21.3. The second kappa shape index (κ2) is 7.51. The summed E-state index contributed by atoms with van der Waals surface area (Å²) in [5.41, 5.74) is -0.461. The summed E-state index contributed by atoms with van der Waals surface area (Å²) in [6, 6.07) is 7.55. The van der Waals surface area contributed by atoms with Crippen LogP contribution in [-0.2, 0) is 24.6 Å². The Kier molecular flexibility index (Phi) is 5.86. The molecule has 0 aliphatic carbocycles. The number of esters is 1. The monoisotopic (exact) mass is 429 g/mol. The van der Waals surface area contributed by atoms with Crippen LogP contribution in [0.1, 0.15) is 31.1 Å². The van der Waals surface area contributed by atoms with E-state index >= 15 is 0 Å². The Labute approximate surface area is 163 Å². The molecular formula is C18H20FNO6S2. The van der Waals surface area contributed by atoms with Crippen molar-refractivity contribution in [3.8, 4) is 0 Å². The van der Waals surface area contributed by atoms with Crippen LogP contribution in [0.5, 0.6) is 0 Å². The van der Waals surface area contributed by atoms with Crippen molar-refractivity contribution in [2.24, 2.45) is 0 Å². The summed E-state index contributed by atoms with van der Waals surface area (Å²) in [6.07, 6.45) is 0. The predicted octanol–water partition coefficient (Wildman–Crippen LogP) is 2.99. The fraction of sp³-hybridized carbons (Fsp3) is 0.278. The maximum absolute atomic E-state index is 13.5. The molecule has 28 heavy (non-hydrogen) atoms. The van der Waals surface area contributed by atoms with Crippen LogP contribution >= 0.6 is 0 Å². The number of anilines is 1. The Morgan fingerprint density at radius 2 is 1.50 bits per heavy atom. The minimum absolute atomic E-state index is 0.0278. The van der Waals surface area contributed by atoms with Crippen molar-refractivity contribution >= 4 is 31.5 Å². The van der Waals surface area contributed by atoms with Crippen molar-refractivity contribution in [3.63, 3.8) is 0 Å².